The SMILES string of the molecule is CCC(C)(OC)C(=O)Cc1ccc(F)c(Cl)c1. The topological polar surface area (TPSA) is 26.3 Å². The summed E-state index contributed by atoms with van der Waals surface area (Å²) in [6, 6.07) is 4.30. The molecule has 0 aliphatic heterocycles. The highest BCUT2D eigenvalue weighted by Crippen LogP contribution is 2.21. The quantitative estimate of drug-likeness (QED) is 0.809. The number of benzene rings is 1. The minimum atomic E-state index is -0.791. The van der Waals surface area contributed by atoms with Gasteiger partial charge in [0.05, 0.1) is 5.02 Å². The highest BCUT2D eigenvalue weighted by atomic mass is 35.5. The first-order chi connectivity index (χ1) is 7.92. The van der Waals surface area contributed by atoms with E-state index in [2.05, 4.69) is 0 Å². The first-order valence-corrected chi connectivity index (χ1v) is 5.83. The van der Waals surface area contributed by atoms with Gasteiger partial charge in [0, 0.05) is 13.5 Å². The van der Waals surface area contributed by atoms with Gasteiger partial charge in [-0.3, -0.25) is 4.79 Å². The van der Waals surface area contributed by atoms with Gasteiger partial charge in [0.1, 0.15) is 11.4 Å². The molecule has 0 aromatic heterocycles. The van der Waals surface area contributed by atoms with E-state index in [4.69, 9.17) is 16.3 Å². The number of carbonyl (C=O) groups excluding carboxylic acids is 1. The van der Waals surface area contributed by atoms with Crippen LogP contribution in [0.4, 0.5) is 4.39 Å². The predicted molar refractivity (Wildman–Crippen MR) is 65.8 cm³/mol. The molecule has 0 aliphatic rings. The van der Waals surface area contributed by atoms with E-state index in [-0.39, 0.29) is 17.2 Å². The van der Waals surface area contributed by atoms with E-state index >= 15 is 0 Å². The number of hydrogen-bond acceptors (Lipinski definition) is 2. The van der Waals surface area contributed by atoms with E-state index in [1.807, 2.05) is 6.92 Å². The van der Waals surface area contributed by atoms with E-state index in [1.54, 1.807) is 13.0 Å². The summed E-state index contributed by atoms with van der Waals surface area (Å²) in [7, 11) is 1.51. The second-order valence-corrected chi connectivity index (χ2v) is 4.54. The fourth-order valence-electron chi connectivity index (χ4n) is 1.48. The number of Topliss-reactive ketones (excluding diaryl/α,β-unsaturated/α-hetero) is 1. The Hall–Kier alpha value is -0.930. The Kier molecular flexibility index (Phi) is 4.66. The van der Waals surface area contributed by atoms with Crippen molar-refractivity contribution >= 4 is 17.4 Å². The van der Waals surface area contributed by atoms with Crippen LogP contribution in [0, 0.1) is 5.82 Å². The molecule has 0 bridgehead atoms. The Morgan fingerprint density at radius 3 is 2.65 bits per heavy atom. The number of halogens is 2. The van der Waals surface area contributed by atoms with Crippen molar-refractivity contribution in [2.24, 2.45) is 0 Å². The zero-order chi connectivity index (χ0) is 13.1. The average Bonchev–Trinajstić information content (AvgIpc) is 2.32. The number of hydrogen-bond donors (Lipinski definition) is 0. The number of rotatable bonds is 5. The summed E-state index contributed by atoms with van der Waals surface area (Å²) in [5.41, 5.74) is -0.0981. The van der Waals surface area contributed by atoms with Gasteiger partial charge in [-0.25, -0.2) is 4.39 Å². The molecule has 0 saturated carbocycles. The van der Waals surface area contributed by atoms with Crippen LogP contribution < -0.4 is 0 Å². The third-order valence-corrected chi connectivity index (χ3v) is 3.35. The zero-order valence-corrected chi connectivity index (χ0v) is 11.0. The monoisotopic (exact) mass is 258 g/mol. The third kappa shape index (κ3) is 3.27. The Labute approximate surface area is 106 Å². The smallest absolute Gasteiger partial charge is 0.168 e. The van der Waals surface area contributed by atoms with E-state index < -0.39 is 11.4 Å². The van der Waals surface area contributed by atoms with Crippen molar-refractivity contribution in [1.82, 2.24) is 0 Å². The summed E-state index contributed by atoms with van der Waals surface area (Å²) in [6.45, 7) is 3.64. The number of carbonyl (C=O) groups is 1. The van der Waals surface area contributed by atoms with Gasteiger partial charge in [-0.1, -0.05) is 24.6 Å². The van der Waals surface area contributed by atoms with Crippen LogP contribution in [0.25, 0.3) is 0 Å². The second-order valence-electron chi connectivity index (χ2n) is 4.14. The van der Waals surface area contributed by atoms with Crippen LogP contribution >= 0.6 is 11.6 Å². The van der Waals surface area contributed by atoms with Crippen LogP contribution in [0.15, 0.2) is 18.2 Å². The van der Waals surface area contributed by atoms with Crippen molar-refractivity contribution in [2.75, 3.05) is 7.11 Å². The Morgan fingerprint density at radius 1 is 1.53 bits per heavy atom. The van der Waals surface area contributed by atoms with Gasteiger partial charge in [0.15, 0.2) is 5.78 Å². The average molecular weight is 259 g/mol. The van der Waals surface area contributed by atoms with E-state index in [9.17, 15) is 9.18 Å². The van der Waals surface area contributed by atoms with Gasteiger partial charge in [0.2, 0.25) is 0 Å². The first-order valence-electron chi connectivity index (χ1n) is 5.45. The fraction of sp³-hybridized carbons (Fsp3) is 0.462. The molecule has 0 radical (unpaired) electrons. The summed E-state index contributed by atoms with van der Waals surface area (Å²) in [5.74, 6) is -0.516. The summed E-state index contributed by atoms with van der Waals surface area (Å²) in [6.07, 6.45) is 0.787. The van der Waals surface area contributed by atoms with Gasteiger partial charge < -0.3 is 4.74 Å². The zero-order valence-electron chi connectivity index (χ0n) is 10.2. The van der Waals surface area contributed by atoms with Crippen LogP contribution in [0.1, 0.15) is 25.8 Å². The molecule has 0 spiro atoms. The van der Waals surface area contributed by atoms with Gasteiger partial charge >= 0.3 is 0 Å². The molecule has 0 amide bonds. The Morgan fingerprint density at radius 2 is 2.18 bits per heavy atom. The summed E-state index contributed by atoms with van der Waals surface area (Å²) >= 11 is 5.66. The molecule has 0 fully saturated rings. The highest BCUT2D eigenvalue weighted by Gasteiger charge is 2.30. The van der Waals surface area contributed by atoms with Crippen molar-refractivity contribution in [2.45, 2.75) is 32.3 Å². The summed E-state index contributed by atoms with van der Waals surface area (Å²) < 4.78 is 18.2. The molecular weight excluding hydrogens is 243 g/mol. The van der Waals surface area contributed by atoms with Gasteiger partial charge in [-0.2, -0.15) is 0 Å². The van der Waals surface area contributed by atoms with Crippen molar-refractivity contribution in [3.05, 3.63) is 34.6 Å². The molecule has 1 aromatic rings. The first kappa shape index (κ1) is 14.1. The Balaban J connectivity index is 2.84. The molecule has 0 heterocycles. The van der Waals surface area contributed by atoms with Gasteiger partial charge in [-0.15, -0.1) is 0 Å². The molecule has 4 heteroatoms. The van der Waals surface area contributed by atoms with Crippen LogP contribution in [0.2, 0.25) is 5.02 Å². The van der Waals surface area contributed by atoms with Crippen molar-refractivity contribution < 1.29 is 13.9 Å². The molecule has 17 heavy (non-hydrogen) atoms. The third-order valence-electron chi connectivity index (χ3n) is 3.06. The highest BCUT2D eigenvalue weighted by molar-refractivity contribution is 6.30. The summed E-state index contributed by atoms with van der Waals surface area (Å²) in [4.78, 5) is 12.0. The van der Waals surface area contributed by atoms with Crippen molar-refractivity contribution in [3.8, 4) is 0 Å². The number of ether oxygens (including phenoxy) is 1. The molecule has 0 aliphatic carbocycles. The second kappa shape index (κ2) is 5.61. The van der Waals surface area contributed by atoms with Gasteiger partial charge in [-0.05, 0) is 31.0 Å². The molecule has 1 atom stereocenters. The normalized spacial score (nSPS) is 14.4. The van der Waals surface area contributed by atoms with Crippen LogP contribution in [0.5, 0.6) is 0 Å². The molecule has 94 valence electrons. The minimum absolute atomic E-state index is 0.0333. The number of methoxy groups -OCH3 is 1. The minimum Gasteiger partial charge on any atom is -0.371 e. The predicted octanol–water partition coefficient (Wildman–Crippen LogP) is 3.41. The molecule has 0 N–H and O–H groups in total. The van der Waals surface area contributed by atoms with Crippen molar-refractivity contribution in [1.29, 1.82) is 0 Å². The molecular formula is C13H16ClFO2. The molecule has 1 aromatic carbocycles. The number of ketones is 1. The molecule has 1 unspecified atom stereocenters. The fourth-order valence-corrected chi connectivity index (χ4v) is 1.68. The van der Waals surface area contributed by atoms with E-state index in [0.717, 1.165) is 0 Å². The van der Waals surface area contributed by atoms with E-state index in [1.165, 1.54) is 19.2 Å². The maximum Gasteiger partial charge on any atom is 0.168 e. The van der Waals surface area contributed by atoms with Crippen LogP contribution in [-0.2, 0) is 16.0 Å². The summed E-state index contributed by atoms with van der Waals surface area (Å²) in [5, 5.41) is 0.0333. The lowest BCUT2D eigenvalue weighted by Crippen LogP contribution is -2.37. The lowest BCUT2D eigenvalue weighted by Gasteiger charge is -2.24. The van der Waals surface area contributed by atoms with Crippen LogP contribution in [-0.4, -0.2) is 18.5 Å². The molecule has 2 nitrogen and oxygen atoms in total. The van der Waals surface area contributed by atoms with E-state index in [0.29, 0.717) is 12.0 Å². The largest absolute Gasteiger partial charge is 0.371 e. The maximum atomic E-state index is 13.0. The maximum absolute atomic E-state index is 13.0. The van der Waals surface area contributed by atoms with Gasteiger partial charge in [0.25, 0.3) is 0 Å². The van der Waals surface area contributed by atoms with Crippen molar-refractivity contribution in [3.63, 3.8) is 0 Å². The molecule has 1 rings (SSSR count). The lowest BCUT2D eigenvalue weighted by molar-refractivity contribution is -0.138. The standard InChI is InChI=1S/C13H16ClFO2/c1-4-13(2,17-3)12(16)8-9-5-6-11(15)10(14)7-9/h5-7H,4,8H2,1-3H3. The molecule has 0 saturated heterocycles. The Bertz CT molecular complexity index is 414. The van der Waals surface area contributed by atoms with Crippen LogP contribution in [0.3, 0.4) is 0 Å². The lowest BCUT2D eigenvalue weighted by atomic mass is 9.92.